The summed E-state index contributed by atoms with van der Waals surface area (Å²) in [6.07, 6.45) is -3.93. The van der Waals surface area contributed by atoms with Gasteiger partial charge in [0, 0.05) is 0 Å². The molecule has 1 aliphatic heterocycles. The minimum Gasteiger partial charge on any atom is -0.299 e. The highest BCUT2D eigenvalue weighted by atomic mass is 35.5. The van der Waals surface area contributed by atoms with Gasteiger partial charge in [-0.25, -0.2) is 4.39 Å². The van der Waals surface area contributed by atoms with Gasteiger partial charge in [0.1, 0.15) is 0 Å². The van der Waals surface area contributed by atoms with Crippen LogP contribution in [0, 0.1) is 0 Å². The van der Waals surface area contributed by atoms with E-state index >= 15 is 0 Å². The maximum absolute atomic E-state index is 12.9. The third-order valence-electron chi connectivity index (χ3n) is 1.54. The predicted molar refractivity (Wildman–Crippen MR) is 37.3 cm³/mol. The zero-order valence-electron chi connectivity index (χ0n) is 6.57. The van der Waals surface area contributed by atoms with Gasteiger partial charge in [-0.15, -0.1) is 14.0 Å². The lowest BCUT2D eigenvalue weighted by molar-refractivity contribution is -0.390. The quantitative estimate of drug-likeness (QED) is 0.390. The third-order valence-corrected chi connectivity index (χ3v) is 1.92. The van der Waals surface area contributed by atoms with E-state index in [1.54, 1.807) is 0 Å². The number of alkyl halides is 2. The lowest BCUT2D eigenvalue weighted by atomic mass is 10.6. The monoisotopic (exact) mass is 220 g/mol. The summed E-state index contributed by atoms with van der Waals surface area (Å²) in [6.45, 7) is 0. The molecule has 0 saturated carbocycles. The van der Waals surface area contributed by atoms with E-state index < -0.39 is 23.5 Å². The maximum Gasteiger partial charge on any atom is 0.262 e. The molecule has 9 heteroatoms. The number of halogens is 4. The van der Waals surface area contributed by atoms with Crippen molar-refractivity contribution in [1.29, 1.82) is 0 Å². The van der Waals surface area contributed by atoms with E-state index in [0.717, 1.165) is 7.11 Å². The van der Waals surface area contributed by atoms with Crippen LogP contribution in [-0.2, 0) is 4.84 Å². The first-order valence-electron chi connectivity index (χ1n) is 3.25. The molecule has 1 rings (SSSR count). The van der Waals surface area contributed by atoms with Gasteiger partial charge in [0.15, 0.2) is 6.29 Å². The molecule has 0 radical (unpaired) electrons. The highest BCUT2D eigenvalue weighted by Crippen LogP contribution is 2.27. The second kappa shape index (κ2) is 3.95. The van der Waals surface area contributed by atoms with Crippen LogP contribution in [0.1, 0.15) is 0 Å². The Bertz CT molecular complexity index is 173. The molecule has 1 fully saturated rings. The highest BCUT2D eigenvalue weighted by Gasteiger charge is 2.47. The summed E-state index contributed by atoms with van der Waals surface area (Å²) in [4.78, 5) is 4.32. The summed E-state index contributed by atoms with van der Waals surface area (Å²) in [5.74, 6) is 0. The molecule has 0 aromatic rings. The van der Waals surface area contributed by atoms with Crippen molar-refractivity contribution in [3.05, 3.63) is 0 Å². The molecule has 3 atom stereocenters. The molecule has 0 aromatic heterocycles. The molecule has 1 heterocycles. The average Bonchev–Trinajstić information content (AvgIpc) is 2.13. The fraction of sp³-hybridized carbons (Fsp3) is 1.00. The van der Waals surface area contributed by atoms with Crippen LogP contribution in [0.2, 0.25) is 0 Å². The van der Waals surface area contributed by atoms with E-state index in [1.165, 1.54) is 0 Å². The van der Waals surface area contributed by atoms with Crippen molar-refractivity contribution in [2.45, 2.75) is 18.3 Å². The van der Waals surface area contributed by atoms with Gasteiger partial charge in [-0.2, -0.15) is 0 Å². The molecular formula is C4H8ClF3N4O. The SMILES string of the molecule is CON1C(N)N(F)C(Cl)N(F)C1F. The highest BCUT2D eigenvalue weighted by molar-refractivity contribution is 6.19. The zero-order chi connectivity index (χ0) is 10.2. The maximum atomic E-state index is 12.9. The van der Waals surface area contributed by atoms with E-state index in [4.69, 9.17) is 17.3 Å². The summed E-state index contributed by atoms with van der Waals surface area (Å²) in [5.41, 5.74) is 3.20. The van der Waals surface area contributed by atoms with Gasteiger partial charge in [0.05, 0.1) is 7.11 Å². The van der Waals surface area contributed by atoms with Crippen LogP contribution in [0.4, 0.5) is 13.4 Å². The second-order valence-corrected chi connectivity index (χ2v) is 2.66. The van der Waals surface area contributed by atoms with Gasteiger partial charge in [-0.05, 0) is 0 Å². The Balaban J connectivity index is 2.79. The van der Waals surface area contributed by atoms with Gasteiger partial charge in [0.2, 0.25) is 5.62 Å². The Labute approximate surface area is 77.2 Å². The standard InChI is InChI=1S/C4H8ClF3N4O/c1-13-12-3(6)10(7)2(5)11(8)4(12)9/h2-4H,9H2,1H3. The fourth-order valence-corrected chi connectivity index (χ4v) is 1.08. The first-order valence-corrected chi connectivity index (χ1v) is 3.68. The van der Waals surface area contributed by atoms with Gasteiger partial charge < -0.3 is 0 Å². The van der Waals surface area contributed by atoms with Crippen LogP contribution >= 0.6 is 11.6 Å². The lowest BCUT2D eigenvalue weighted by Gasteiger charge is -2.41. The third kappa shape index (κ3) is 1.73. The number of hydroxylamine groups is 2. The Kier molecular flexibility index (Phi) is 3.33. The molecule has 3 unspecified atom stereocenters. The summed E-state index contributed by atoms with van der Waals surface area (Å²) in [5, 5.41) is -0.589. The van der Waals surface area contributed by atoms with Crippen molar-refractivity contribution in [1.82, 2.24) is 15.3 Å². The first-order chi connectivity index (χ1) is 6.00. The predicted octanol–water partition coefficient (Wildman–Crippen LogP) is 0.254. The van der Waals surface area contributed by atoms with Gasteiger partial charge in [0.25, 0.3) is 6.42 Å². The molecule has 13 heavy (non-hydrogen) atoms. The second-order valence-electron chi connectivity index (χ2n) is 2.27. The summed E-state index contributed by atoms with van der Waals surface area (Å²) in [6, 6.07) is 0. The van der Waals surface area contributed by atoms with Crippen LogP contribution < -0.4 is 5.73 Å². The molecule has 2 N–H and O–H groups in total. The minimum atomic E-state index is -2.34. The molecule has 78 valence electrons. The van der Waals surface area contributed by atoms with Crippen LogP contribution in [0.5, 0.6) is 0 Å². The number of rotatable bonds is 1. The molecule has 5 nitrogen and oxygen atoms in total. The van der Waals surface area contributed by atoms with Crippen molar-refractivity contribution < 1.29 is 18.2 Å². The Morgan fingerprint density at radius 1 is 1.38 bits per heavy atom. The zero-order valence-corrected chi connectivity index (χ0v) is 7.33. The van der Waals surface area contributed by atoms with Crippen molar-refractivity contribution in [2.24, 2.45) is 5.73 Å². The van der Waals surface area contributed by atoms with Crippen molar-refractivity contribution in [2.75, 3.05) is 7.11 Å². The lowest BCUT2D eigenvalue weighted by Crippen LogP contribution is -2.66. The van der Waals surface area contributed by atoms with Gasteiger partial charge in [-0.1, -0.05) is 21.8 Å². The Hall–Kier alpha value is -0.120. The number of hydrogen-bond acceptors (Lipinski definition) is 5. The molecule has 0 aliphatic carbocycles. The summed E-state index contributed by atoms with van der Waals surface area (Å²) >= 11 is 5.13. The Morgan fingerprint density at radius 2 is 1.92 bits per heavy atom. The number of hydrogen-bond donors (Lipinski definition) is 1. The summed E-state index contributed by atoms with van der Waals surface area (Å²) in [7, 11) is 1.03. The molecular weight excluding hydrogens is 213 g/mol. The topological polar surface area (TPSA) is 45.0 Å². The van der Waals surface area contributed by atoms with Crippen LogP contribution in [0.15, 0.2) is 0 Å². The van der Waals surface area contributed by atoms with Gasteiger partial charge >= 0.3 is 0 Å². The molecule has 0 amide bonds. The van der Waals surface area contributed by atoms with E-state index in [9.17, 15) is 13.4 Å². The molecule has 0 bridgehead atoms. The normalized spacial score (nSPS) is 39.7. The van der Waals surface area contributed by atoms with E-state index in [0.29, 0.717) is 0 Å². The van der Waals surface area contributed by atoms with E-state index in [-0.39, 0.29) is 10.2 Å². The smallest absolute Gasteiger partial charge is 0.262 e. The van der Waals surface area contributed by atoms with Crippen molar-refractivity contribution in [3.8, 4) is 0 Å². The average molecular weight is 221 g/mol. The van der Waals surface area contributed by atoms with E-state index in [1.807, 2.05) is 0 Å². The summed E-state index contributed by atoms with van der Waals surface area (Å²) < 4.78 is 38.4. The first kappa shape index (κ1) is 11.0. The number of nitrogens with zero attached hydrogens (tertiary/aromatic N) is 3. The van der Waals surface area contributed by atoms with E-state index in [2.05, 4.69) is 4.84 Å². The molecule has 1 saturated heterocycles. The van der Waals surface area contributed by atoms with Crippen molar-refractivity contribution in [3.63, 3.8) is 0 Å². The van der Waals surface area contributed by atoms with Crippen LogP contribution in [0.25, 0.3) is 0 Å². The van der Waals surface area contributed by atoms with Gasteiger partial charge in [-0.3, -0.25) is 10.6 Å². The largest absolute Gasteiger partial charge is 0.299 e. The van der Waals surface area contributed by atoms with Crippen molar-refractivity contribution >= 4 is 11.6 Å². The Morgan fingerprint density at radius 3 is 2.38 bits per heavy atom. The minimum absolute atomic E-state index is 0.277. The molecule has 0 aromatic carbocycles. The van der Waals surface area contributed by atoms with Crippen LogP contribution in [-0.4, -0.2) is 40.8 Å². The molecule has 1 aliphatic rings. The fourth-order valence-electron chi connectivity index (χ4n) is 0.871. The van der Waals surface area contributed by atoms with Crippen LogP contribution in [0.3, 0.4) is 0 Å². The molecule has 0 spiro atoms. The number of nitrogens with two attached hydrogens (primary N) is 1.